The van der Waals surface area contributed by atoms with Gasteiger partial charge in [0.25, 0.3) is 0 Å². The highest BCUT2D eigenvalue weighted by molar-refractivity contribution is 6.16. The second-order valence-corrected chi connectivity index (χ2v) is 4.27. The smallest absolute Gasteiger partial charge is 0.103 e. The summed E-state index contributed by atoms with van der Waals surface area (Å²) in [6, 6.07) is 0. The average Bonchev–Trinajstić information content (AvgIpc) is 2.99. The van der Waals surface area contributed by atoms with Crippen LogP contribution in [0.25, 0.3) is 0 Å². The number of alkyl halides is 1. The largest absolute Gasteiger partial charge is 0.378 e. The first kappa shape index (κ1) is 10.9. The van der Waals surface area contributed by atoms with E-state index in [-0.39, 0.29) is 0 Å². The number of nitrogens with zero attached hydrogens (tertiary/aromatic N) is 3. The topological polar surface area (TPSA) is 39.9 Å². The van der Waals surface area contributed by atoms with Crippen molar-refractivity contribution >= 4 is 11.6 Å². The summed E-state index contributed by atoms with van der Waals surface area (Å²) < 4.78 is 7.06. The van der Waals surface area contributed by atoms with Crippen molar-refractivity contribution in [1.29, 1.82) is 0 Å². The number of aryl methyl sites for hydroxylation is 1. The molecule has 1 fully saturated rings. The molecule has 0 saturated heterocycles. The molecule has 2 rings (SSSR count). The third-order valence-electron chi connectivity index (χ3n) is 2.77. The van der Waals surface area contributed by atoms with Crippen LogP contribution in [0.15, 0.2) is 0 Å². The van der Waals surface area contributed by atoms with Crippen LogP contribution < -0.4 is 0 Å². The summed E-state index contributed by atoms with van der Waals surface area (Å²) in [4.78, 5) is 0. The van der Waals surface area contributed by atoms with Gasteiger partial charge in [0.15, 0.2) is 0 Å². The number of hydrogen-bond acceptors (Lipinski definition) is 3. The van der Waals surface area contributed by atoms with Crippen molar-refractivity contribution < 1.29 is 4.74 Å². The molecule has 1 saturated carbocycles. The lowest BCUT2D eigenvalue weighted by molar-refractivity contribution is 0.175. The summed E-state index contributed by atoms with van der Waals surface area (Å²) in [7, 11) is 1.68. The van der Waals surface area contributed by atoms with Crippen LogP contribution in [0.5, 0.6) is 0 Å². The summed E-state index contributed by atoms with van der Waals surface area (Å²) in [5.74, 6) is 1.31. The average molecular weight is 230 g/mol. The lowest BCUT2D eigenvalue weighted by atomic mass is 10.3. The molecule has 0 unspecified atom stereocenters. The molecule has 1 heterocycles. The molecule has 5 heteroatoms. The van der Waals surface area contributed by atoms with E-state index in [4.69, 9.17) is 16.3 Å². The summed E-state index contributed by atoms with van der Waals surface area (Å²) in [6.07, 6.45) is 3.94. The van der Waals surface area contributed by atoms with E-state index in [1.54, 1.807) is 7.11 Å². The van der Waals surface area contributed by atoms with Crippen LogP contribution in [0.4, 0.5) is 0 Å². The molecular formula is C10H16ClN3O. The maximum Gasteiger partial charge on any atom is 0.103 e. The van der Waals surface area contributed by atoms with Gasteiger partial charge in [-0.15, -0.1) is 16.7 Å². The zero-order chi connectivity index (χ0) is 10.7. The molecule has 15 heavy (non-hydrogen) atoms. The Morgan fingerprint density at radius 3 is 2.93 bits per heavy atom. The van der Waals surface area contributed by atoms with Crippen LogP contribution in [0.2, 0.25) is 0 Å². The van der Waals surface area contributed by atoms with Crippen molar-refractivity contribution in [2.45, 2.75) is 38.3 Å². The minimum absolute atomic E-state index is 0.405. The maximum absolute atomic E-state index is 5.78. The van der Waals surface area contributed by atoms with Crippen molar-refractivity contribution in [3.05, 3.63) is 11.4 Å². The molecule has 0 amide bonds. The Kier molecular flexibility index (Phi) is 3.59. The molecule has 0 bridgehead atoms. The molecule has 84 valence electrons. The third-order valence-corrected chi connectivity index (χ3v) is 3.02. The number of methoxy groups -OCH3 is 1. The van der Waals surface area contributed by atoms with Crippen LogP contribution in [0.1, 0.15) is 30.7 Å². The van der Waals surface area contributed by atoms with E-state index in [0.29, 0.717) is 12.5 Å². The van der Waals surface area contributed by atoms with E-state index >= 15 is 0 Å². The first-order valence-corrected chi connectivity index (χ1v) is 5.84. The number of ether oxygens (including phenoxy) is 1. The second-order valence-electron chi connectivity index (χ2n) is 4.00. The van der Waals surface area contributed by atoms with E-state index < -0.39 is 0 Å². The maximum atomic E-state index is 5.78. The van der Waals surface area contributed by atoms with E-state index in [1.807, 2.05) is 4.68 Å². The van der Waals surface area contributed by atoms with Crippen LogP contribution >= 0.6 is 11.6 Å². The van der Waals surface area contributed by atoms with E-state index in [9.17, 15) is 0 Å². The second kappa shape index (κ2) is 4.94. The van der Waals surface area contributed by atoms with Crippen LogP contribution in [0, 0.1) is 5.92 Å². The third kappa shape index (κ3) is 2.69. The molecule has 4 nitrogen and oxygen atoms in total. The monoisotopic (exact) mass is 229 g/mol. The quantitative estimate of drug-likeness (QED) is 0.701. The van der Waals surface area contributed by atoms with Crippen molar-refractivity contribution in [1.82, 2.24) is 15.0 Å². The van der Waals surface area contributed by atoms with Crippen LogP contribution in [-0.2, 0) is 23.8 Å². The van der Waals surface area contributed by atoms with Gasteiger partial charge in [-0.05, 0) is 12.3 Å². The Morgan fingerprint density at radius 1 is 1.53 bits per heavy atom. The number of halogens is 1. The van der Waals surface area contributed by atoms with E-state index in [2.05, 4.69) is 10.3 Å². The zero-order valence-corrected chi connectivity index (χ0v) is 9.70. The Labute approximate surface area is 94.6 Å². The molecule has 0 aliphatic heterocycles. The summed E-state index contributed by atoms with van der Waals surface area (Å²) in [5, 5.41) is 8.16. The first-order valence-electron chi connectivity index (χ1n) is 5.31. The molecule has 0 atom stereocenters. The van der Waals surface area contributed by atoms with Gasteiger partial charge in [-0.2, -0.15) is 0 Å². The molecule has 1 aromatic rings. The van der Waals surface area contributed by atoms with Gasteiger partial charge in [0.1, 0.15) is 5.69 Å². The van der Waals surface area contributed by atoms with Crippen molar-refractivity contribution in [3.8, 4) is 0 Å². The highest BCUT2D eigenvalue weighted by Gasteiger charge is 2.22. The van der Waals surface area contributed by atoms with Crippen molar-refractivity contribution in [2.75, 3.05) is 7.11 Å². The number of aromatic nitrogens is 3. The standard InChI is InChI=1S/C10H16ClN3O/c1-15-7-10-9(6-11)12-13-14(10)5-4-8-2-3-8/h8H,2-7H2,1H3. The lowest BCUT2D eigenvalue weighted by Gasteiger charge is -2.05. The predicted molar refractivity (Wildman–Crippen MR) is 57.6 cm³/mol. The highest BCUT2D eigenvalue weighted by Crippen LogP contribution is 2.32. The van der Waals surface area contributed by atoms with Crippen molar-refractivity contribution in [3.63, 3.8) is 0 Å². The molecular weight excluding hydrogens is 214 g/mol. The summed E-state index contributed by atoms with van der Waals surface area (Å²) in [5.41, 5.74) is 1.86. The van der Waals surface area contributed by atoms with Gasteiger partial charge in [-0.1, -0.05) is 18.1 Å². The van der Waals surface area contributed by atoms with Gasteiger partial charge in [0, 0.05) is 13.7 Å². The first-order chi connectivity index (χ1) is 7.35. The Morgan fingerprint density at radius 2 is 2.33 bits per heavy atom. The van der Waals surface area contributed by atoms with Gasteiger partial charge < -0.3 is 4.74 Å². The summed E-state index contributed by atoms with van der Waals surface area (Å²) in [6.45, 7) is 1.48. The Balaban J connectivity index is 2.02. The minimum Gasteiger partial charge on any atom is -0.378 e. The van der Waals surface area contributed by atoms with Gasteiger partial charge >= 0.3 is 0 Å². The lowest BCUT2D eigenvalue weighted by Crippen LogP contribution is -2.07. The molecule has 0 radical (unpaired) electrons. The van der Waals surface area contributed by atoms with Gasteiger partial charge in [0.2, 0.25) is 0 Å². The van der Waals surface area contributed by atoms with Crippen LogP contribution in [0.3, 0.4) is 0 Å². The van der Waals surface area contributed by atoms with E-state index in [1.165, 1.54) is 19.3 Å². The SMILES string of the molecule is COCc1c(CCl)nnn1CCC1CC1. The van der Waals surface area contributed by atoms with Crippen LogP contribution in [-0.4, -0.2) is 22.1 Å². The molecule has 1 aliphatic carbocycles. The predicted octanol–water partition coefficient (Wildman–Crippen LogP) is 1.96. The van der Waals surface area contributed by atoms with Crippen molar-refractivity contribution in [2.24, 2.45) is 5.92 Å². The van der Waals surface area contributed by atoms with Gasteiger partial charge in [-0.3, -0.25) is 0 Å². The highest BCUT2D eigenvalue weighted by atomic mass is 35.5. The number of rotatable bonds is 6. The molecule has 0 N–H and O–H groups in total. The molecule has 0 spiro atoms. The molecule has 1 aromatic heterocycles. The number of hydrogen-bond donors (Lipinski definition) is 0. The zero-order valence-electron chi connectivity index (χ0n) is 8.95. The normalized spacial score (nSPS) is 15.9. The van der Waals surface area contributed by atoms with E-state index in [0.717, 1.165) is 23.9 Å². The minimum atomic E-state index is 0.405. The summed E-state index contributed by atoms with van der Waals surface area (Å²) >= 11 is 5.78. The Hall–Kier alpha value is -0.610. The fourth-order valence-corrected chi connectivity index (χ4v) is 1.87. The molecule has 0 aromatic carbocycles. The fraction of sp³-hybridized carbons (Fsp3) is 0.800. The Bertz CT molecular complexity index is 322. The van der Waals surface area contributed by atoms with Gasteiger partial charge in [0.05, 0.1) is 18.2 Å². The molecule has 1 aliphatic rings. The van der Waals surface area contributed by atoms with Gasteiger partial charge in [-0.25, -0.2) is 4.68 Å². The fourth-order valence-electron chi connectivity index (χ4n) is 1.66.